The minimum Gasteiger partial charge on any atom is -0.497 e. The number of hydrogen-bond acceptors (Lipinski definition) is 8. The molecule has 0 radical (unpaired) electrons. The highest BCUT2D eigenvalue weighted by Gasteiger charge is 2.29. The molecule has 1 saturated carbocycles. The van der Waals surface area contributed by atoms with Gasteiger partial charge in [0.2, 0.25) is 0 Å². The number of allylic oxidation sites excluding steroid dienone is 4. The van der Waals surface area contributed by atoms with E-state index in [0.29, 0.717) is 30.2 Å². The van der Waals surface area contributed by atoms with E-state index < -0.39 is 0 Å². The number of benzene rings is 4. The highest BCUT2D eigenvalue weighted by molar-refractivity contribution is 5.33. The number of methoxy groups -OCH3 is 2. The van der Waals surface area contributed by atoms with Gasteiger partial charge in [-0.05, 0) is 253 Å². The summed E-state index contributed by atoms with van der Waals surface area (Å²) in [6, 6.07) is 37.6. The lowest BCUT2D eigenvalue weighted by molar-refractivity contribution is 0.0638. The van der Waals surface area contributed by atoms with Crippen LogP contribution in [0.15, 0.2) is 144 Å². The molecule has 95 heavy (non-hydrogen) atoms. The van der Waals surface area contributed by atoms with E-state index in [-0.39, 0.29) is 16.2 Å². The monoisotopic (exact) mass is 1300 g/mol. The maximum atomic E-state index is 5.49. The summed E-state index contributed by atoms with van der Waals surface area (Å²) in [5.41, 5.74) is 14.3. The van der Waals surface area contributed by atoms with Gasteiger partial charge in [0, 0.05) is 56.6 Å². The van der Waals surface area contributed by atoms with Crippen molar-refractivity contribution >= 4 is 0 Å². The van der Waals surface area contributed by atoms with Crippen LogP contribution in [0.3, 0.4) is 0 Å². The number of ether oxygens (including phenoxy) is 4. The van der Waals surface area contributed by atoms with Crippen molar-refractivity contribution < 1.29 is 18.9 Å². The van der Waals surface area contributed by atoms with Gasteiger partial charge < -0.3 is 34.9 Å². The Balaban J connectivity index is 0.000000230. The average Bonchev–Trinajstić information content (AvgIpc) is 0.871. The summed E-state index contributed by atoms with van der Waals surface area (Å²) in [5, 5.41) is 11.5. The second-order valence-corrected chi connectivity index (χ2v) is 31.7. The molecule has 0 bridgehead atoms. The first kappa shape index (κ1) is 80.9. The maximum absolute atomic E-state index is 5.49. The van der Waals surface area contributed by atoms with Crippen molar-refractivity contribution in [3.05, 3.63) is 177 Å². The van der Waals surface area contributed by atoms with E-state index in [9.17, 15) is 0 Å². The maximum Gasteiger partial charge on any atom is 0.118 e. The minimum absolute atomic E-state index is 0.106. The van der Waals surface area contributed by atoms with Gasteiger partial charge in [-0.15, -0.1) is 0 Å². The number of hydrogen-bond donors (Lipinski definition) is 3. The van der Waals surface area contributed by atoms with Crippen LogP contribution in [0.25, 0.3) is 0 Å². The van der Waals surface area contributed by atoms with Gasteiger partial charge in [0.15, 0.2) is 0 Å². The van der Waals surface area contributed by atoms with Gasteiger partial charge in [-0.2, -0.15) is 0 Å². The lowest BCUT2D eigenvalue weighted by Gasteiger charge is -2.33. The molecule has 3 heterocycles. The van der Waals surface area contributed by atoms with Gasteiger partial charge in [0.25, 0.3) is 0 Å². The first-order chi connectivity index (χ1) is 45.3. The van der Waals surface area contributed by atoms with Crippen LogP contribution in [0.1, 0.15) is 246 Å². The Hall–Kier alpha value is -4.80. The third kappa shape index (κ3) is 32.2. The molecule has 8 nitrogen and oxygen atoms in total. The van der Waals surface area contributed by atoms with Crippen LogP contribution in [0.2, 0.25) is 0 Å². The number of piperidine rings is 1. The van der Waals surface area contributed by atoms with Crippen LogP contribution in [-0.4, -0.2) is 102 Å². The van der Waals surface area contributed by atoms with Crippen molar-refractivity contribution in [1.82, 2.24) is 20.9 Å². The molecular formula is C87H138N4O4. The smallest absolute Gasteiger partial charge is 0.118 e. The van der Waals surface area contributed by atoms with Crippen LogP contribution in [-0.2, 0) is 32.1 Å². The fourth-order valence-electron chi connectivity index (χ4n) is 14.5. The average molecular weight is 1300 g/mol. The highest BCUT2D eigenvalue weighted by Crippen LogP contribution is 2.34. The Bertz CT molecular complexity index is 2800. The Labute approximate surface area is 583 Å². The lowest BCUT2D eigenvalue weighted by Crippen LogP contribution is -2.43. The van der Waals surface area contributed by atoms with E-state index >= 15 is 0 Å². The molecule has 0 spiro atoms. The zero-order valence-electron chi connectivity index (χ0n) is 63.8. The number of aryl methyl sites for hydroxylation is 3. The van der Waals surface area contributed by atoms with E-state index in [0.717, 1.165) is 101 Å². The fourth-order valence-corrected chi connectivity index (χ4v) is 14.5. The number of nitrogens with one attached hydrogen (secondary N) is 3. The Kier molecular flexibility index (Phi) is 36.5. The van der Waals surface area contributed by atoms with Crippen molar-refractivity contribution in [1.29, 1.82) is 0 Å². The highest BCUT2D eigenvalue weighted by atomic mass is 16.5. The molecule has 3 N–H and O–H groups in total. The predicted octanol–water partition coefficient (Wildman–Crippen LogP) is 20.9. The fraction of sp³-hybridized carbons (Fsp3) is 0.632. The van der Waals surface area contributed by atoms with Crippen molar-refractivity contribution in [3.63, 3.8) is 0 Å². The summed E-state index contributed by atoms with van der Waals surface area (Å²) in [4.78, 5) is 2.67. The molecule has 0 aromatic heterocycles. The molecule has 4 atom stereocenters. The minimum atomic E-state index is 0.106. The summed E-state index contributed by atoms with van der Waals surface area (Å²) in [5.74, 6) is 3.63. The lowest BCUT2D eigenvalue weighted by atomic mass is 9.78. The molecule has 8 heteroatoms. The first-order valence-corrected chi connectivity index (χ1v) is 37.5. The molecule has 3 aliphatic heterocycles. The van der Waals surface area contributed by atoms with Gasteiger partial charge in [-0.3, -0.25) is 4.90 Å². The summed E-state index contributed by atoms with van der Waals surface area (Å²) in [6.45, 7) is 44.5. The van der Waals surface area contributed by atoms with E-state index in [1.807, 2.05) is 0 Å². The van der Waals surface area contributed by atoms with E-state index in [2.05, 4.69) is 253 Å². The molecule has 8 rings (SSSR count). The molecule has 4 aromatic rings. The van der Waals surface area contributed by atoms with Crippen LogP contribution in [0.4, 0.5) is 0 Å². The van der Waals surface area contributed by atoms with Gasteiger partial charge in [-0.25, -0.2) is 0 Å². The van der Waals surface area contributed by atoms with Crippen molar-refractivity contribution in [2.45, 2.75) is 279 Å². The van der Waals surface area contributed by atoms with Crippen molar-refractivity contribution in [3.8, 4) is 11.5 Å². The van der Waals surface area contributed by atoms with Crippen LogP contribution >= 0.6 is 0 Å². The molecule has 4 aromatic carbocycles. The van der Waals surface area contributed by atoms with Crippen LogP contribution in [0.5, 0.6) is 11.5 Å². The molecule has 1 aliphatic carbocycles. The SMILES string of the molecule is CC(C)=CC(CC(C)(C)c1ccc(C)cc1)NC1CCOCC1.CC(C)=CC(CC(C)(C)c1ccc(C)cc1)NCCC1CCCCC1.COc1ccc(C(C)(C)CC(C=C(C)C)NCCC2CCOCC2)cc1.COc1ccc(CCC(C=C(C)C)N2CCCCC2)cc1. The first-order valence-electron chi connectivity index (χ1n) is 37.5. The Morgan fingerprint density at radius 2 is 0.832 bits per heavy atom. The van der Waals surface area contributed by atoms with Crippen molar-refractivity contribution in [2.75, 3.05) is 66.8 Å². The second kappa shape index (κ2) is 42.9. The molecule has 4 unspecified atom stereocenters. The predicted molar refractivity (Wildman–Crippen MR) is 410 cm³/mol. The zero-order chi connectivity index (χ0) is 69.2. The molecule has 4 aliphatic rings. The molecular weight excluding hydrogens is 1160 g/mol. The second-order valence-electron chi connectivity index (χ2n) is 31.7. The topological polar surface area (TPSA) is 76.2 Å². The zero-order valence-corrected chi connectivity index (χ0v) is 63.8. The van der Waals surface area contributed by atoms with E-state index in [4.69, 9.17) is 18.9 Å². The van der Waals surface area contributed by atoms with Gasteiger partial charge in [0.1, 0.15) is 11.5 Å². The van der Waals surface area contributed by atoms with Gasteiger partial charge >= 0.3 is 0 Å². The van der Waals surface area contributed by atoms with Gasteiger partial charge in [-0.1, -0.05) is 211 Å². The molecule has 530 valence electrons. The molecule has 4 fully saturated rings. The molecule has 3 saturated heterocycles. The van der Waals surface area contributed by atoms with Gasteiger partial charge in [0.05, 0.1) is 14.2 Å². The van der Waals surface area contributed by atoms with Crippen LogP contribution < -0.4 is 25.4 Å². The quantitative estimate of drug-likeness (QED) is 0.0465. The summed E-state index contributed by atoms with van der Waals surface area (Å²) < 4.78 is 21.5. The van der Waals surface area contributed by atoms with Crippen molar-refractivity contribution in [2.24, 2.45) is 11.8 Å². The largest absolute Gasteiger partial charge is 0.497 e. The third-order valence-corrected chi connectivity index (χ3v) is 20.3. The summed E-state index contributed by atoms with van der Waals surface area (Å²) in [6.07, 6.45) is 34.0. The Morgan fingerprint density at radius 3 is 1.25 bits per heavy atom. The standard InChI is InChI=1S/C24H39N.C23H37NO2.C21H33NO.C19H29NO/c1-19(2)17-23(25-16-15-21-9-7-6-8-10-21)18-24(4,5)22-13-11-20(3)12-14-22;1-18(2)16-21(24-13-10-19-11-14-26-15-12-19)17-23(3,4)20-6-8-22(25-5)9-7-20;1-16(2)14-20(22-19-10-12-23-13-11-19)15-21(4,5)18-8-6-17(3)7-9-18;1-16(2)15-18(20-13-5-4-6-14-20)10-7-17-8-11-19(21-3)12-9-17/h11-14,17,21,23,25H,6-10,15-16,18H2,1-5H3;6-9,16,19,21,24H,10-15,17H2,1-5H3;6-9,14,19-20,22H,10-13,15H2,1-5H3;8-9,11-12,15,18H,4-7,10,13-14H2,1-3H3. The molecule has 0 amide bonds. The summed E-state index contributed by atoms with van der Waals surface area (Å²) in [7, 11) is 3.43. The van der Waals surface area contributed by atoms with E-state index in [1.165, 1.54) is 152 Å². The number of rotatable bonds is 29. The number of nitrogens with zero attached hydrogens (tertiary/aromatic N) is 1. The third-order valence-electron chi connectivity index (χ3n) is 20.3. The normalized spacial score (nSPS) is 17.3. The Morgan fingerprint density at radius 1 is 0.463 bits per heavy atom. The van der Waals surface area contributed by atoms with E-state index in [1.54, 1.807) is 14.2 Å². The summed E-state index contributed by atoms with van der Waals surface area (Å²) >= 11 is 0. The number of likely N-dealkylation sites (tertiary alicyclic amines) is 1. The van der Waals surface area contributed by atoms with Crippen LogP contribution in [0, 0.1) is 25.7 Å².